The third kappa shape index (κ3) is 5.12. The number of halogens is 2. The van der Waals surface area contributed by atoms with Crippen LogP contribution >= 0.6 is 11.6 Å². The van der Waals surface area contributed by atoms with E-state index < -0.39 is 0 Å². The third-order valence-electron chi connectivity index (χ3n) is 4.66. The molecule has 1 fully saturated rings. The first kappa shape index (κ1) is 19.0. The Hall–Kier alpha value is -1.78. The lowest BCUT2D eigenvalue weighted by Crippen LogP contribution is -2.25. The largest absolute Gasteiger partial charge is 0.490 e. The van der Waals surface area contributed by atoms with Gasteiger partial charge in [-0.25, -0.2) is 4.39 Å². The van der Waals surface area contributed by atoms with Crippen LogP contribution in [0.5, 0.6) is 11.5 Å². The lowest BCUT2D eigenvalue weighted by Gasteiger charge is -2.17. The zero-order chi connectivity index (χ0) is 18.4. The number of benzene rings is 2. The molecule has 1 saturated carbocycles. The van der Waals surface area contributed by atoms with Gasteiger partial charge in [-0.3, -0.25) is 0 Å². The first-order valence-corrected chi connectivity index (χ1v) is 9.59. The molecule has 1 N–H and O–H groups in total. The summed E-state index contributed by atoms with van der Waals surface area (Å²) in [4.78, 5) is 0. The van der Waals surface area contributed by atoms with E-state index in [1.165, 1.54) is 37.8 Å². The van der Waals surface area contributed by atoms with E-state index in [9.17, 15) is 4.39 Å². The van der Waals surface area contributed by atoms with Gasteiger partial charge in [0.05, 0.1) is 6.61 Å². The molecule has 3 rings (SSSR count). The predicted octanol–water partition coefficient (Wildman–Crippen LogP) is 5.49. The van der Waals surface area contributed by atoms with Crippen molar-refractivity contribution in [2.24, 2.45) is 0 Å². The van der Waals surface area contributed by atoms with E-state index in [2.05, 4.69) is 5.32 Å². The van der Waals surface area contributed by atoms with Gasteiger partial charge in [-0.15, -0.1) is 0 Å². The van der Waals surface area contributed by atoms with Crippen LogP contribution in [0.3, 0.4) is 0 Å². The van der Waals surface area contributed by atoms with E-state index in [-0.39, 0.29) is 5.82 Å². The fourth-order valence-corrected chi connectivity index (χ4v) is 3.44. The summed E-state index contributed by atoms with van der Waals surface area (Å²) in [5.74, 6) is 1.03. The molecule has 0 atom stereocenters. The zero-order valence-corrected chi connectivity index (χ0v) is 15.8. The summed E-state index contributed by atoms with van der Waals surface area (Å²) < 4.78 is 24.6. The Morgan fingerprint density at radius 3 is 2.46 bits per heavy atom. The molecule has 3 nitrogen and oxygen atoms in total. The topological polar surface area (TPSA) is 30.5 Å². The van der Waals surface area contributed by atoms with Crippen LogP contribution in [0.1, 0.15) is 43.7 Å². The van der Waals surface area contributed by atoms with Crippen molar-refractivity contribution in [2.45, 2.75) is 51.8 Å². The van der Waals surface area contributed by atoms with Crippen molar-refractivity contribution in [1.82, 2.24) is 5.32 Å². The van der Waals surface area contributed by atoms with Crippen LogP contribution in [0.25, 0.3) is 0 Å². The van der Waals surface area contributed by atoms with E-state index in [4.69, 9.17) is 21.1 Å². The Bertz CT molecular complexity index is 715. The number of nitrogens with one attached hydrogen (secondary N) is 1. The van der Waals surface area contributed by atoms with Crippen LogP contribution in [0.4, 0.5) is 4.39 Å². The van der Waals surface area contributed by atoms with Crippen LogP contribution in [-0.2, 0) is 13.2 Å². The molecule has 0 amide bonds. The van der Waals surface area contributed by atoms with Crippen LogP contribution in [-0.4, -0.2) is 12.6 Å². The monoisotopic (exact) mass is 377 g/mol. The van der Waals surface area contributed by atoms with Gasteiger partial charge in [0.1, 0.15) is 12.4 Å². The molecule has 0 aliphatic heterocycles. The van der Waals surface area contributed by atoms with Crippen molar-refractivity contribution >= 4 is 11.6 Å². The van der Waals surface area contributed by atoms with E-state index in [0.29, 0.717) is 35.8 Å². The van der Waals surface area contributed by atoms with Gasteiger partial charge >= 0.3 is 0 Å². The highest BCUT2D eigenvalue weighted by Crippen LogP contribution is 2.34. The van der Waals surface area contributed by atoms with Gasteiger partial charge in [0.15, 0.2) is 11.5 Å². The molecule has 0 unspecified atom stereocenters. The van der Waals surface area contributed by atoms with Crippen LogP contribution in [0.15, 0.2) is 36.4 Å². The summed E-state index contributed by atoms with van der Waals surface area (Å²) in [6.07, 6.45) is 5.06. The molecule has 0 bridgehead atoms. The van der Waals surface area contributed by atoms with E-state index in [1.807, 2.05) is 19.1 Å². The molecule has 0 heterocycles. The number of rotatable bonds is 8. The Balaban J connectivity index is 1.69. The van der Waals surface area contributed by atoms with Crippen LogP contribution in [0.2, 0.25) is 5.02 Å². The van der Waals surface area contributed by atoms with Gasteiger partial charge in [0, 0.05) is 23.7 Å². The maximum Gasteiger partial charge on any atom is 0.163 e. The molecule has 0 aromatic heterocycles. The number of ether oxygens (including phenoxy) is 2. The second-order valence-electron chi connectivity index (χ2n) is 6.60. The average Bonchev–Trinajstić information content (AvgIpc) is 3.15. The van der Waals surface area contributed by atoms with Crippen molar-refractivity contribution in [1.29, 1.82) is 0 Å². The highest BCUT2D eigenvalue weighted by molar-refractivity contribution is 6.31. The highest BCUT2D eigenvalue weighted by Gasteiger charge is 2.16. The van der Waals surface area contributed by atoms with Crippen molar-refractivity contribution in [2.75, 3.05) is 6.61 Å². The minimum Gasteiger partial charge on any atom is -0.490 e. The van der Waals surface area contributed by atoms with Gasteiger partial charge in [0.25, 0.3) is 0 Å². The Morgan fingerprint density at radius 1 is 1.08 bits per heavy atom. The van der Waals surface area contributed by atoms with Crippen molar-refractivity contribution in [3.05, 3.63) is 58.4 Å². The summed E-state index contributed by atoms with van der Waals surface area (Å²) in [6.45, 7) is 3.54. The number of hydrogen-bond donors (Lipinski definition) is 1. The lowest BCUT2D eigenvalue weighted by molar-refractivity contribution is 0.269. The second-order valence-corrected chi connectivity index (χ2v) is 7.01. The SMILES string of the molecule is CCOc1cc(CNC2CCCC2)c(Cl)cc1OCc1ccc(F)cc1. The molecule has 5 heteroatoms. The Labute approximate surface area is 159 Å². The molecule has 2 aromatic rings. The van der Waals surface area contributed by atoms with Crippen LogP contribution < -0.4 is 14.8 Å². The highest BCUT2D eigenvalue weighted by atomic mass is 35.5. The van der Waals surface area contributed by atoms with Crippen LogP contribution in [0, 0.1) is 5.82 Å². The predicted molar refractivity (Wildman–Crippen MR) is 102 cm³/mol. The average molecular weight is 378 g/mol. The summed E-state index contributed by atoms with van der Waals surface area (Å²) >= 11 is 6.46. The molecule has 1 aliphatic rings. The Kier molecular flexibility index (Phi) is 6.75. The first-order valence-electron chi connectivity index (χ1n) is 9.21. The molecule has 2 aromatic carbocycles. The summed E-state index contributed by atoms with van der Waals surface area (Å²) in [7, 11) is 0. The normalized spacial score (nSPS) is 14.6. The van der Waals surface area contributed by atoms with Gasteiger partial charge in [-0.2, -0.15) is 0 Å². The molecule has 0 radical (unpaired) electrons. The van der Waals surface area contributed by atoms with Crippen molar-refractivity contribution in [3.63, 3.8) is 0 Å². The molecular weight excluding hydrogens is 353 g/mol. The van der Waals surface area contributed by atoms with E-state index >= 15 is 0 Å². The van der Waals surface area contributed by atoms with Gasteiger partial charge in [0.2, 0.25) is 0 Å². The second kappa shape index (κ2) is 9.24. The molecule has 0 saturated heterocycles. The standard InChI is InChI=1S/C21H25ClFNO2/c1-2-25-20-11-16(13-24-18-5-3-4-6-18)19(22)12-21(20)26-14-15-7-9-17(23)10-8-15/h7-12,18,24H,2-6,13-14H2,1H3. The maximum atomic E-state index is 13.0. The maximum absolute atomic E-state index is 13.0. The molecule has 26 heavy (non-hydrogen) atoms. The zero-order valence-electron chi connectivity index (χ0n) is 15.1. The molecule has 0 spiro atoms. The van der Waals surface area contributed by atoms with E-state index in [1.54, 1.807) is 12.1 Å². The van der Waals surface area contributed by atoms with Gasteiger partial charge in [-0.1, -0.05) is 36.6 Å². The van der Waals surface area contributed by atoms with Crippen molar-refractivity contribution in [3.8, 4) is 11.5 Å². The smallest absolute Gasteiger partial charge is 0.163 e. The molecular formula is C21H25ClFNO2. The fraction of sp³-hybridized carbons (Fsp3) is 0.429. The minimum atomic E-state index is -0.258. The quantitative estimate of drug-likeness (QED) is 0.659. The summed E-state index contributed by atoms with van der Waals surface area (Å²) in [5, 5.41) is 4.23. The molecule has 1 aliphatic carbocycles. The van der Waals surface area contributed by atoms with Gasteiger partial charge in [-0.05, 0) is 49.1 Å². The van der Waals surface area contributed by atoms with E-state index in [0.717, 1.165) is 17.7 Å². The molecule has 140 valence electrons. The number of hydrogen-bond acceptors (Lipinski definition) is 3. The van der Waals surface area contributed by atoms with Gasteiger partial charge < -0.3 is 14.8 Å². The summed E-state index contributed by atoms with van der Waals surface area (Å²) in [5.41, 5.74) is 1.90. The van der Waals surface area contributed by atoms with Crippen molar-refractivity contribution < 1.29 is 13.9 Å². The Morgan fingerprint density at radius 2 is 1.77 bits per heavy atom. The minimum absolute atomic E-state index is 0.258. The summed E-state index contributed by atoms with van der Waals surface area (Å²) in [6, 6.07) is 10.6. The third-order valence-corrected chi connectivity index (χ3v) is 5.01. The lowest BCUT2D eigenvalue weighted by atomic mass is 10.1. The fourth-order valence-electron chi connectivity index (χ4n) is 3.22. The first-order chi connectivity index (χ1) is 12.7.